The van der Waals surface area contributed by atoms with Gasteiger partial charge in [-0.25, -0.2) is 28.5 Å². The van der Waals surface area contributed by atoms with Crippen molar-refractivity contribution in [1.82, 2.24) is 39.6 Å². The molecule has 0 bridgehead atoms. The van der Waals surface area contributed by atoms with Crippen molar-refractivity contribution in [2.75, 3.05) is 5.73 Å². The van der Waals surface area contributed by atoms with E-state index in [1.54, 1.807) is 28.9 Å². The Hall–Kier alpha value is -3.94. The van der Waals surface area contributed by atoms with Gasteiger partial charge in [0.05, 0.1) is 22.1 Å². The van der Waals surface area contributed by atoms with Crippen LogP contribution in [0.2, 0.25) is 0 Å². The van der Waals surface area contributed by atoms with E-state index in [0.717, 1.165) is 12.4 Å². The third-order valence-corrected chi connectivity index (χ3v) is 6.43. The fraction of sp³-hybridized carbons (Fsp3) is 0.182. The van der Waals surface area contributed by atoms with Gasteiger partial charge in [-0.3, -0.25) is 0 Å². The van der Waals surface area contributed by atoms with E-state index < -0.39 is 23.7 Å². The predicted molar refractivity (Wildman–Crippen MR) is 125 cm³/mol. The van der Waals surface area contributed by atoms with Crippen LogP contribution in [0, 0.1) is 5.82 Å². The van der Waals surface area contributed by atoms with E-state index in [9.17, 15) is 17.6 Å². The second kappa shape index (κ2) is 8.93. The van der Waals surface area contributed by atoms with E-state index in [2.05, 4.69) is 46.3 Å². The summed E-state index contributed by atoms with van der Waals surface area (Å²) in [6.45, 7) is 1.92. The van der Waals surface area contributed by atoms with Crippen molar-refractivity contribution >= 4 is 27.3 Å². The second-order valence-electron chi connectivity index (χ2n) is 7.77. The summed E-state index contributed by atoms with van der Waals surface area (Å²) in [4.78, 5) is 11.0. The molecule has 0 saturated heterocycles. The Kier molecular flexibility index (Phi) is 5.90. The van der Waals surface area contributed by atoms with Gasteiger partial charge in [0.2, 0.25) is 5.82 Å². The lowest BCUT2D eigenvalue weighted by molar-refractivity contribution is -0.144. The minimum atomic E-state index is -4.68. The van der Waals surface area contributed by atoms with E-state index in [4.69, 9.17) is 5.73 Å². The van der Waals surface area contributed by atoms with Crippen LogP contribution < -0.4 is 5.73 Å². The monoisotopic (exact) mass is 561 g/mol. The highest BCUT2D eigenvalue weighted by Crippen LogP contribution is 2.43. The van der Waals surface area contributed by atoms with Gasteiger partial charge in [-0.15, -0.1) is 5.10 Å². The van der Waals surface area contributed by atoms with E-state index in [1.807, 2.05) is 6.92 Å². The van der Waals surface area contributed by atoms with Crippen LogP contribution in [0.25, 0.3) is 22.3 Å². The molecule has 4 heterocycles. The number of benzene rings is 1. The molecule has 0 saturated carbocycles. The number of nitrogens with zero attached hydrogens (tertiary/aromatic N) is 8. The van der Waals surface area contributed by atoms with Gasteiger partial charge < -0.3 is 5.73 Å². The fourth-order valence-electron chi connectivity index (χ4n) is 4.01. The summed E-state index contributed by atoms with van der Waals surface area (Å²) in [5.74, 6) is -2.00. The molecule has 0 fully saturated rings. The molecule has 1 atom stereocenters. The highest BCUT2D eigenvalue weighted by atomic mass is 79.9. The molecular formula is C22H16BrF4N9. The van der Waals surface area contributed by atoms with Crippen LogP contribution in [0.5, 0.6) is 0 Å². The van der Waals surface area contributed by atoms with Gasteiger partial charge in [-0.2, -0.15) is 18.3 Å². The normalized spacial score (nSPS) is 12.8. The van der Waals surface area contributed by atoms with Gasteiger partial charge >= 0.3 is 6.18 Å². The maximum absolute atomic E-state index is 14.3. The summed E-state index contributed by atoms with van der Waals surface area (Å²) < 4.78 is 56.7. The third-order valence-electron chi connectivity index (χ3n) is 5.63. The molecule has 36 heavy (non-hydrogen) atoms. The number of aromatic nitrogens is 8. The fourth-order valence-corrected chi connectivity index (χ4v) is 4.87. The first-order valence-electron chi connectivity index (χ1n) is 10.6. The summed E-state index contributed by atoms with van der Waals surface area (Å²) in [6.07, 6.45) is 0.887. The zero-order valence-electron chi connectivity index (χ0n) is 18.4. The zero-order chi connectivity index (χ0) is 25.6. The molecular weight excluding hydrogens is 546 g/mol. The molecule has 0 amide bonds. The van der Waals surface area contributed by atoms with Crippen molar-refractivity contribution < 1.29 is 17.6 Å². The smallest absolute Gasteiger partial charge is 0.382 e. The Morgan fingerprint density at radius 3 is 2.50 bits per heavy atom. The van der Waals surface area contributed by atoms with Crippen LogP contribution in [0.1, 0.15) is 36.5 Å². The molecule has 1 aromatic carbocycles. The van der Waals surface area contributed by atoms with E-state index in [0.29, 0.717) is 33.4 Å². The predicted octanol–water partition coefficient (Wildman–Crippen LogP) is 4.81. The van der Waals surface area contributed by atoms with Gasteiger partial charge in [0.15, 0.2) is 5.82 Å². The number of halogens is 5. The highest BCUT2D eigenvalue weighted by molar-refractivity contribution is 9.10. The van der Waals surface area contributed by atoms with Crippen molar-refractivity contribution in [3.05, 3.63) is 76.7 Å². The first-order chi connectivity index (χ1) is 17.2. The number of alkyl halides is 3. The third kappa shape index (κ3) is 3.96. The van der Waals surface area contributed by atoms with Crippen LogP contribution in [0.4, 0.5) is 23.4 Å². The number of fused-ring (bicyclic) bond motifs is 1. The molecule has 2 N–H and O–H groups in total. The summed E-state index contributed by atoms with van der Waals surface area (Å²) in [5.41, 5.74) is 8.60. The maximum Gasteiger partial charge on any atom is 0.451 e. The van der Waals surface area contributed by atoms with Crippen molar-refractivity contribution in [3.8, 4) is 16.8 Å². The molecule has 14 heteroatoms. The van der Waals surface area contributed by atoms with Crippen molar-refractivity contribution in [2.24, 2.45) is 0 Å². The quantitative estimate of drug-likeness (QED) is 0.306. The topological polar surface area (TPSA) is 113 Å². The Labute approximate surface area is 209 Å². The number of hydrogen-bond acceptors (Lipinski definition) is 7. The molecule has 0 spiro atoms. The van der Waals surface area contributed by atoms with Crippen LogP contribution in [-0.4, -0.2) is 39.6 Å². The first-order valence-corrected chi connectivity index (χ1v) is 11.4. The zero-order valence-corrected chi connectivity index (χ0v) is 20.0. The molecule has 0 radical (unpaired) electrons. The Bertz CT molecular complexity index is 1560. The molecule has 4 aromatic heterocycles. The van der Waals surface area contributed by atoms with E-state index >= 15 is 0 Å². The maximum atomic E-state index is 14.3. The molecule has 9 nitrogen and oxygen atoms in total. The SMILES string of the molecule is CCC(c1cn(-c2ccccc2F)nn1)c1c(Br)c(-c2cnc(C(F)(F)F)nc2)c2c(N)ncnn12. The molecule has 0 aliphatic carbocycles. The van der Waals surface area contributed by atoms with Crippen molar-refractivity contribution in [3.63, 3.8) is 0 Å². The lowest BCUT2D eigenvalue weighted by atomic mass is 9.98. The summed E-state index contributed by atoms with van der Waals surface area (Å²) >= 11 is 3.59. The molecule has 5 aromatic rings. The standard InChI is InChI=1S/C22H16BrF4N9/c1-2-12(14-9-35(34-33-14)15-6-4-3-5-13(15)24)18-17(23)16(19-20(28)31-10-32-36(18)19)11-7-29-21(30-8-11)22(25,26)27/h3-10,12H,2H2,1H3,(H2,28,31,32). The first kappa shape index (κ1) is 23.8. The van der Waals surface area contributed by atoms with Gasteiger partial charge in [0.25, 0.3) is 0 Å². The van der Waals surface area contributed by atoms with Crippen molar-refractivity contribution in [2.45, 2.75) is 25.4 Å². The number of anilines is 1. The Balaban J connectivity index is 1.67. The summed E-state index contributed by atoms with van der Waals surface area (Å²) in [6, 6.07) is 6.16. The van der Waals surface area contributed by atoms with Gasteiger partial charge in [0, 0.05) is 29.4 Å². The number of nitrogen functional groups attached to an aromatic ring is 1. The van der Waals surface area contributed by atoms with E-state index in [1.165, 1.54) is 17.1 Å². The van der Waals surface area contributed by atoms with Crippen LogP contribution in [-0.2, 0) is 6.18 Å². The highest BCUT2D eigenvalue weighted by Gasteiger charge is 2.35. The average Bonchev–Trinajstić information content (AvgIpc) is 3.44. The molecule has 0 aliphatic rings. The number of nitrogens with two attached hydrogens (primary N) is 1. The summed E-state index contributed by atoms with van der Waals surface area (Å²) in [7, 11) is 0. The van der Waals surface area contributed by atoms with Crippen LogP contribution >= 0.6 is 15.9 Å². The van der Waals surface area contributed by atoms with E-state index in [-0.39, 0.29) is 17.1 Å². The lowest BCUT2D eigenvalue weighted by Crippen LogP contribution is -2.10. The van der Waals surface area contributed by atoms with Crippen LogP contribution in [0.15, 0.2) is 53.7 Å². The number of para-hydroxylation sites is 1. The minimum absolute atomic E-state index is 0.108. The minimum Gasteiger partial charge on any atom is -0.382 e. The second-order valence-corrected chi connectivity index (χ2v) is 8.57. The Morgan fingerprint density at radius 2 is 1.83 bits per heavy atom. The molecule has 1 unspecified atom stereocenters. The Morgan fingerprint density at radius 1 is 1.11 bits per heavy atom. The molecule has 184 valence electrons. The summed E-state index contributed by atoms with van der Waals surface area (Å²) in [5, 5.41) is 12.7. The number of rotatable bonds is 5. The largest absolute Gasteiger partial charge is 0.451 e. The lowest BCUT2D eigenvalue weighted by Gasteiger charge is -2.13. The average molecular weight is 562 g/mol. The van der Waals surface area contributed by atoms with Gasteiger partial charge in [-0.1, -0.05) is 24.3 Å². The van der Waals surface area contributed by atoms with Gasteiger partial charge in [-0.05, 0) is 34.5 Å². The molecule has 0 aliphatic heterocycles. The van der Waals surface area contributed by atoms with Gasteiger partial charge in [0.1, 0.15) is 23.3 Å². The number of hydrogen-bond donors (Lipinski definition) is 1. The van der Waals surface area contributed by atoms with Crippen molar-refractivity contribution in [1.29, 1.82) is 0 Å². The molecule has 5 rings (SSSR count). The van der Waals surface area contributed by atoms with Crippen LogP contribution in [0.3, 0.4) is 0 Å².